The number of unbranched alkanes of at least 4 members (excludes halogenated alkanes) is 3. The molecular formula is C21H29NO. The normalized spacial score (nSPS) is 12.1. The number of hydrogen-bond donors (Lipinski definition) is 1. The molecule has 2 aromatic carbocycles. The van der Waals surface area contributed by atoms with E-state index in [4.69, 9.17) is 4.74 Å². The topological polar surface area (TPSA) is 21.3 Å². The lowest BCUT2D eigenvalue weighted by atomic mass is 10.1. The van der Waals surface area contributed by atoms with Crippen molar-refractivity contribution in [2.24, 2.45) is 0 Å². The van der Waals surface area contributed by atoms with Crippen LogP contribution in [0.15, 0.2) is 54.6 Å². The summed E-state index contributed by atoms with van der Waals surface area (Å²) in [5.74, 6) is 1.01. The van der Waals surface area contributed by atoms with Crippen molar-refractivity contribution < 1.29 is 4.74 Å². The van der Waals surface area contributed by atoms with Crippen molar-refractivity contribution in [3.8, 4) is 5.75 Å². The first-order valence-corrected chi connectivity index (χ1v) is 8.80. The van der Waals surface area contributed by atoms with Crippen LogP contribution in [-0.4, -0.2) is 6.61 Å². The highest BCUT2D eigenvalue weighted by Gasteiger charge is 2.10. The third-order valence-electron chi connectivity index (χ3n) is 4.10. The summed E-state index contributed by atoms with van der Waals surface area (Å²) < 4.78 is 6.02. The van der Waals surface area contributed by atoms with E-state index in [1.807, 2.05) is 0 Å². The molecule has 0 spiro atoms. The van der Waals surface area contributed by atoms with Gasteiger partial charge in [-0.25, -0.2) is 0 Å². The summed E-state index contributed by atoms with van der Waals surface area (Å²) in [5.41, 5.74) is 2.54. The summed E-state index contributed by atoms with van der Waals surface area (Å²) in [7, 11) is 0. The van der Waals surface area contributed by atoms with Gasteiger partial charge in [-0.3, -0.25) is 0 Å². The molecule has 0 aliphatic heterocycles. The molecule has 2 nitrogen and oxygen atoms in total. The molecule has 0 saturated heterocycles. The predicted octanol–water partition coefficient (Wildman–Crippen LogP) is 5.50. The molecule has 0 bridgehead atoms. The minimum absolute atomic E-state index is 0.266. The van der Waals surface area contributed by atoms with Gasteiger partial charge in [-0.05, 0) is 25.0 Å². The zero-order chi connectivity index (χ0) is 16.3. The van der Waals surface area contributed by atoms with E-state index in [1.54, 1.807) is 0 Å². The minimum atomic E-state index is 0.266. The summed E-state index contributed by atoms with van der Waals surface area (Å²) in [6.07, 6.45) is 4.94. The van der Waals surface area contributed by atoms with Gasteiger partial charge in [0.2, 0.25) is 0 Å². The highest BCUT2D eigenvalue weighted by atomic mass is 16.5. The first-order chi connectivity index (χ1) is 11.3. The van der Waals surface area contributed by atoms with Crippen molar-refractivity contribution in [1.29, 1.82) is 0 Å². The van der Waals surface area contributed by atoms with Gasteiger partial charge in [-0.1, -0.05) is 74.7 Å². The molecule has 0 aromatic heterocycles. The smallest absolute Gasteiger partial charge is 0.124 e. The van der Waals surface area contributed by atoms with E-state index >= 15 is 0 Å². The quantitative estimate of drug-likeness (QED) is 0.585. The third kappa shape index (κ3) is 6.07. The lowest BCUT2D eigenvalue weighted by Gasteiger charge is -2.18. The molecule has 1 atom stereocenters. The van der Waals surface area contributed by atoms with Crippen molar-refractivity contribution in [3.05, 3.63) is 65.7 Å². The van der Waals surface area contributed by atoms with Crippen LogP contribution < -0.4 is 10.1 Å². The summed E-state index contributed by atoms with van der Waals surface area (Å²) in [6.45, 7) is 6.10. The second-order valence-electron chi connectivity index (χ2n) is 6.04. The van der Waals surface area contributed by atoms with Crippen LogP contribution in [0.5, 0.6) is 5.75 Å². The van der Waals surface area contributed by atoms with E-state index in [-0.39, 0.29) is 6.04 Å². The Morgan fingerprint density at radius 2 is 1.65 bits per heavy atom. The maximum atomic E-state index is 6.02. The molecule has 0 saturated carbocycles. The highest BCUT2D eigenvalue weighted by Crippen LogP contribution is 2.25. The largest absolute Gasteiger partial charge is 0.493 e. The molecule has 0 aliphatic carbocycles. The molecule has 1 unspecified atom stereocenters. The molecule has 0 heterocycles. The van der Waals surface area contributed by atoms with Crippen LogP contribution in [0, 0.1) is 0 Å². The van der Waals surface area contributed by atoms with Crippen LogP contribution >= 0.6 is 0 Å². The number of benzene rings is 2. The lowest BCUT2D eigenvalue weighted by Crippen LogP contribution is -2.19. The Morgan fingerprint density at radius 3 is 2.43 bits per heavy atom. The van der Waals surface area contributed by atoms with Gasteiger partial charge in [0.05, 0.1) is 6.61 Å². The summed E-state index contributed by atoms with van der Waals surface area (Å²) in [6, 6.07) is 19.1. The number of ether oxygens (including phenoxy) is 1. The lowest BCUT2D eigenvalue weighted by molar-refractivity contribution is 0.299. The summed E-state index contributed by atoms with van der Waals surface area (Å²) in [5, 5.41) is 3.59. The van der Waals surface area contributed by atoms with E-state index in [2.05, 4.69) is 73.8 Å². The summed E-state index contributed by atoms with van der Waals surface area (Å²) in [4.78, 5) is 0. The number of hydrogen-bond acceptors (Lipinski definition) is 2. The first kappa shape index (κ1) is 17.6. The van der Waals surface area contributed by atoms with E-state index in [1.165, 1.54) is 30.4 Å². The van der Waals surface area contributed by atoms with Crippen LogP contribution in [0.4, 0.5) is 0 Å². The van der Waals surface area contributed by atoms with Crippen LogP contribution in [-0.2, 0) is 6.54 Å². The average Bonchev–Trinajstić information content (AvgIpc) is 2.61. The number of rotatable bonds is 10. The SMILES string of the molecule is CCCCCCOc1ccccc1C(C)NCc1ccccc1. The van der Waals surface area contributed by atoms with Crippen LogP contribution in [0.25, 0.3) is 0 Å². The molecule has 124 valence electrons. The standard InChI is InChI=1S/C21H29NO/c1-3-4-5-11-16-23-21-15-10-9-14-20(21)18(2)22-17-19-12-7-6-8-13-19/h6-10,12-15,18,22H,3-5,11,16-17H2,1-2H3. The monoisotopic (exact) mass is 311 g/mol. The molecule has 23 heavy (non-hydrogen) atoms. The fraction of sp³-hybridized carbons (Fsp3) is 0.429. The number of nitrogens with one attached hydrogen (secondary N) is 1. The molecule has 0 amide bonds. The second-order valence-corrected chi connectivity index (χ2v) is 6.04. The van der Waals surface area contributed by atoms with E-state index in [0.717, 1.165) is 25.3 Å². The Balaban J connectivity index is 1.87. The van der Waals surface area contributed by atoms with Gasteiger partial charge in [0.15, 0.2) is 0 Å². The van der Waals surface area contributed by atoms with E-state index in [9.17, 15) is 0 Å². The Morgan fingerprint density at radius 1 is 0.913 bits per heavy atom. The molecule has 0 radical (unpaired) electrons. The van der Waals surface area contributed by atoms with Crippen molar-refractivity contribution in [2.45, 2.75) is 52.1 Å². The van der Waals surface area contributed by atoms with Gasteiger partial charge in [0.25, 0.3) is 0 Å². The fourth-order valence-electron chi connectivity index (χ4n) is 2.66. The molecule has 0 aliphatic rings. The van der Waals surface area contributed by atoms with Crippen LogP contribution in [0.2, 0.25) is 0 Å². The minimum Gasteiger partial charge on any atom is -0.493 e. The maximum absolute atomic E-state index is 6.02. The van der Waals surface area contributed by atoms with Crippen molar-refractivity contribution in [2.75, 3.05) is 6.61 Å². The Hall–Kier alpha value is -1.80. The maximum Gasteiger partial charge on any atom is 0.124 e. The Bertz CT molecular complexity index is 553. The zero-order valence-electron chi connectivity index (χ0n) is 14.4. The molecule has 0 fully saturated rings. The fourth-order valence-corrected chi connectivity index (χ4v) is 2.66. The average molecular weight is 311 g/mol. The van der Waals surface area contributed by atoms with Crippen LogP contribution in [0.1, 0.15) is 56.7 Å². The Kier molecular flexibility index (Phi) is 7.68. The highest BCUT2D eigenvalue weighted by molar-refractivity contribution is 5.35. The molecule has 2 rings (SSSR count). The van der Waals surface area contributed by atoms with Crippen LogP contribution in [0.3, 0.4) is 0 Å². The van der Waals surface area contributed by atoms with Crippen molar-refractivity contribution in [3.63, 3.8) is 0 Å². The molecular weight excluding hydrogens is 282 g/mol. The van der Waals surface area contributed by atoms with Gasteiger partial charge in [-0.2, -0.15) is 0 Å². The van der Waals surface area contributed by atoms with E-state index < -0.39 is 0 Å². The van der Waals surface area contributed by atoms with Gasteiger partial charge >= 0.3 is 0 Å². The van der Waals surface area contributed by atoms with Gasteiger partial charge in [0.1, 0.15) is 5.75 Å². The first-order valence-electron chi connectivity index (χ1n) is 8.80. The van der Waals surface area contributed by atoms with Gasteiger partial charge in [0, 0.05) is 18.2 Å². The molecule has 1 N–H and O–H groups in total. The van der Waals surface area contributed by atoms with Crippen molar-refractivity contribution >= 4 is 0 Å². The van der Waals surface area contributed by atoms with Gasteiger partial charge < -0.3 is 10.1 Å². The zero-order valence-corrected chi connectivity index (χ0v) is 14.4. The molecule has 2 aromatic rings. The van der Waals surface area contributed by atoms with Crippen molar-refractivity contribution in [1.82, 2.24) is 5.32 Å². The van der Waals surface area contributed by atoms with Gasteiger partial charge in [-0.15, -0.1) is 0 Å². The molecule has 2 heteroatoms. The second kappa shape index (κ2) is 10.1. The Labute approximate surface area is 140 Å². The number of para-hydroxylation sites is 1. The third-order valence-corrected chi connectivity index (χ3v) is 4.10. The van der Waals surface area contributed by atoms with E-state index in [0.29, 0.717) is 0 Å². The summed E-state index contributed by atoms with van der Waals surface area (Å²) >= 11 is 0. The predicted molar refractivity (Wildman–Crippen MR) is 97.8 cm³/mol.